The lowest BCUT2D eigenvalue weighted by Gasteiger charge is -2.19. The molecule has 0 spiro atoms. The van der Waals surface area contributed by atoms with Crippen LogP contribution in [0.25, 0.3) is 0 Å². The summed E-state index contributed by atoms with van der Waals surface area (Å²) in [5, 5.41) is 10.2. The van der Waals surface area contributed by atoms with Gasteiger partial charge in [0.1, 0.15) is 5.75 Å². The van der Waals surface area contributed by atoms with E-state index in [4.69, 9.17) is 9.47 Å². The number of ether oxygens (including phenoxy) is 2. The molecule has 0 saturated carbocycles. The first kappa shape index (κ1) is 15.6. The summed E-state index contributed by atoms with van der Waals surface area (Å²) >= 11 is 1.25. The highest BCUT2D eigenvalue weighted by molar-refractivity contribution is 7.14. The Hall–Kier alpha value is -1.76. The minimum atomic E-state index is -0.490. The predicted octanol–water partition coefficient (Wildman–Crippen LogP) is 2.19. The van der Waals surface area contributed by atoms with E-state index in [0.29, 0.717) is 32.5 Å². The number of carbonyl (C=O) groups is 2. The van der Waals surface area contributed by atoms with E-state index in [1.54, 1.807) is 18.7 Å². The molecule has 0 radical (unpaired) electrons. The molecule has 2 rings (SSSR count). The van der Waals surface area contributed by atoms with Crippen LogP contribution in [0.5, 0.6) is 5.75 Å². The maximum Gasteiger partial charge on any atom is 0.409 e. The number of amides is 1. The fourth-order valence-corrected chi connectivity index (χ4v) is 3.41. The van der Waals surface area contributed by atoms with E-state index in [1.165, 1.54) is 11.3 Å². The monoisotopic (exact) mass is 313 g/mol. The quantitative estimate of drug-likeness (QED) is 0.866. The van der Waals surface area contributed by atoms with Crippen LogP contribution in [0.2, 0.25) is 0 Å². The molecule has 1 aromatic heterocycles. The van der Waals surface area contributed by atoms with E-state index in [2.05, 4.69) is 0 Å². The molecule has 0 saturated heterocycles. The third-order valence-electron chi connectivity index (χ3n) is 3.29. The summed E-state index contributed by atoms with van der Waals surface area (Å²) < 4.78 is 9.93. The summed E-state index contributed by atoms with van der Waals surface area (Å²) in [5.41, 5.74) is 0.745. The van der Waals surface area contributed by atoms with E-state index in [0.717, 1.165) is 10.4 Å². The Morgan fingerprint density at radius 1 is 1.19 bits per heavy atom. The number of esters is 1. The molecular formula is C14H19NO5S. The van der Waals surface area contributed by atoms with Crippen LogP contribution in [0.3, 0.4) is 0 Å². The van der Waals surface area contributed by atoms with Gasteiger partial charge in [0.05, 0.1) is 13.2 Å². The number of hydrogen-bond donors (Lipinski definition) is 1. The smallest absolute Gasteiger partial charge is 0.409 e. The number of nitrogens with zero attached hydrogens (tertiary/aromatic N) is 1. The number of thiophene rings is 1. The first-order valence-electron chi connectivity index (χ1n) is 7.00. The van der Waals surface area contributed by atoms with Crippen LogP contribution < -0.4 is 0 Å². The van der Waals surface area contributed by atoms with Gasteiger partial charge in [-0.1, -0.05) is 0 Å². The minimum absolute atomic E-state index is 0.000779. The van der Waals surface area contributed by atoms with E-state index in [9.17, 15) is 14.7 Å². The van der Waals surface area contributed by atoms with Gasteiger partial charge in [-0.15, -0.1) is 11.3 Å². The minimum Gasteiger partial charge on any atom is -0.506 e. The first-order valence-corrected chi connectivity index (χ1v) is 7.82. The second kappa shape index (κ2) is 6.80. The molecular weight excluding hydrogens is 294 g/mol. The maximum atomic E-state index is 11.8. The molecule has 0 bridgehead atoms. The summed E-state index contributed by atoms with van der Waals surface area (Å²) in [7, 11) is 0. The number of carbonyl (C=O) groups excluding carboxylic acids is 2. The van der Waals surface area contributed by atoms with E-state index in [-0.39, 0.29) is 23.3 Å². The molecule has 0 fully saturated rings. The highest BCUT2D eigenvalue weighted by Crippen LogP contribution is 2.37. The Morgan fingerprint density at radius 2 is 1.86 bits per heavy atom. The van der Waals surface area contributed by atoms with Crippen molar-refractivity contribution in [1.29, 1.82) is 0 Å². The number of rotatable bonds is 3. The molecule has 6 nitrogen and oxygen atoms in total. The van der Waals surface area contributed by atoms with Crippen LogP contribution in [0, 0.1) is 0 Å². The topological polar surface area (TPSA) is 76.1 Å². The van der Waals surface area contributed by atoms with Crippen LogP contribution in [-0.4, -0.2) is 48.4 Å². The molecule has 1 N–H and O–H groups in total. The summed E-state index contributed by atoms with van der Waals surface area (Å²) in [6.07, 6.45) is 0.777. The van der Waals surface area contributed by atoms with Crippen molar-refractivity contribution in [2.75, 3.05) is 26.3 Å². The van der Waals surface area contributed by atoms with E-state index >= 15 is 0 Å². The van der Waals surface area contributed by atoms with Gasteiger partial charge in [0, 0.05) is 23.5 Å². The average Bonchev–Trinajstić information content (AvgIpc) is 2.64. The summed E-state index contributed by atoms with van der Waals surface area (Å²) in [4.78, 5) is 26.3. The molecule has 7 heteroatoms. The fourth-order valence-electron chi connectivity index (χ4n) is 2.29. The van der Waals surface area contributed by atoms with Gasteiger partial charge < -0.3 is 19.5 Å². The van der Waals surface area contributed by atoms with Gasteiger partial charge in [-0.25, -0.2) is 9.59 Å². The molecule has 1 amide bonds. The Balaban J connectivity index is 2.14. The van der Waals surface area contributed by atoms with Crippen LogP contribution >= 0.6 is 11.3 Å². The van der Waals surface area contributed by atoms with Crippen LogP contribution in [-0.2, 0) is 22.3 Å². The molecule has 0 unspecified atom stereocenters. The number of aromatic hydroxyl groups is 1. The van der Waals surface area contributed by atoms with Crippen LogP contribution in [0.15, 0.2) is 0 Å². The van der Waals surface area contributed by atoms with Gasteiger partial charge in [-0.05, 0) is 26.7 Å². The van der Waals surface area contributed by atoms with Crippen molar-refractivity contribution in [3.8, 4) is 5.75 Å². The number of hydrogen-bond acceptors (Lipinski definition) is 6. The lowest BCUT2D eigenvalue weighted by atomic mass is 10.1. The Labute approximate surface area is 127 Å². The second-order valence-corrected chi connectivity index (χ2v) is 5.69. The molecule has 1 aromatic rings. The first-order chi connectivity index (χ1) is 10.1. The van der Waals surface area contributed by atoms with Crippen molar-refractivity contribution in [3.05, 3.63) is 15.3 Å². The normalized spacial score (nSPS) is 14.3. The highest BCUT2D eigenvalue weighted by Gasteiger charge is 2.27. The summed E-state index contributed by atoms with van der Waals surface area (Å²) in [6, 6.07) is 0. The standard InChI is InChI=1S/C14H19NO5S/c1-3-19-13(17)12-11(16)9-5-7-15(14(18)20-4-2)8-6-10(9)21-12/h16H,3-8H2,1-2H3. The van der Waals surface area contributed by atoms with Crippen LogP contribution in [0.1, 0.15) is 34.0 Å². The fraction of sp³-hybridized carbons (Fsp3) is 0.571. The third-order valence-corrected chi connectivity index (χ3v) is 4.55. The molecule has 0 atom stereocenters. The zero-order chi connectivity index (χ0) is 15.4. The lowest BCUT2D eigenvalue weighted by Crippen LogP contribution is -2.33. The van der Waals surface area contributed by atoms with E-state index in [1.807, 2.05) is 0 Å². The third kappa shape index (κ3) is 3.29. The molecule has 21 heavy (non-hydrogen) atoms. The summed E-state index contributed by atoms with van der Waals surface area (Å²) in [6.45, 7) is 5.11. The zero-order valence-electron chi connectivity index (χ0n) is 12.2. The van der Waals surface area contributed by atoms with Crippen LogP contribution in [0.4, 0.5) is 4.79 Å². The summed E-state index contributed by atoms with van der Waals surface area (Å²) in [5.74, 6) is -0.491. The molecule has 0 aromatic carbocycles. The van der Waals surface area contributed by atoms with Crippen molar-refractivity contribution in [2.45, 2.75) is 26.7 Å². The van der Waals surface area contributed by atoms with Crippen molar-refractivity contribution in [3.63, 3.8) is 0 Å². The van der Waals surface area contributed by atoms with E-state index < -0.39 is 5.97 Å². The molecule has 0 aliphatic carbocycles. The second-order valence-electron chi connectivity index (χ2n) is 4.59. The van der Waals surface area contributed by atoms with Gasteiger partial charge in [0.25, 0.3) is 0 Å². The van der Waals surface area contributed by atoms with Crippen molar-refractivity contribution >= 4 is 23.4 Å². The van der Waals surface area contributed by atoms with Crippen molar-refractivity contribution in [1.82, 2.24) is 4.90 Å². The lowest BCUT2D eigenvalue weighted by molar-refractivity contribution is 0.0528. The maximum absolute atomic E-state index is 11.8. The van der Waals surface area contributed by atoms with Gasteiger partial charge in [-0.2, -0.15) is 0 Å². The zero-order valence-corrected chi connectivity index (χ0v) is 13.0. The SMILES string of the molecule is CCOC(=O)c1sc2c(c1O)CCN(C(=O)OCC)CC2. The highest BCUT2D eigenvalue weighted by atomic mass is 32.1. The van der Waals surface area contributed by atoms with Gasteiger partial charge in [0.15, 0.2) is 4.88 Å². The average molecular weight is 313 g/mol. The largest absolute Gasteiger partial charge is 0.506 e. The number of fused-ring (bicyclic) bond motifs is 1. The van der Waals surface area contributed by atoms with Gasteiger partial charge in [-0.3, -0.25) is 0 Å². The predicted molar refractivity (Wildman–Crippen MR) is 77.9 cm³/mol. The Kier molecular flexibility index (Phi) is 5.06. The van der Waals surface area contributed by atoms with Gasteiger partial charge in [0.2, 0.25) is 0 Å². The van der Waals surface area contributed by atoms with Gasteiger partial charge >= 0.3 is 12.1 Å². The van der Waals surface area contributed by atoms with Crippen molar-refractivity contribution in [2.24, 2.45) is 0 Å². The Bertz CT molecular complexity index is 540. The molecule has 116 valence electrons. The molecule has 1 aliphatic heterocycles. The molecule has 1 aliphatic rings. The Morgan fingerprint density at radius 3 is 2.52 bits per heavy atom. The van der Waals surface area contributed by atoms with Crippen molar-refractivity contribution < 1.29 is 24.2 Å². The molecule has 2 heterocycles.